The number of benzene rings is 1. The molecule has 100 valence electrons. The molecule has 5 nitrogen and oxygen atoms in total. The Bertz CT molecular complexity index is 380. The van der Waals surface area contributed by atoms with Gasteiger partial charge in [0.05, 0.1) is 12.3 Å². The van der Waals surface area contributed by atoms with Gasteiger partial charge in [-0.2, -0.15) is 0 Å². The second kappa shape index (κ2) is 7.55. The van der Waals surface area contributed by atoms with E-state index in [0.29, 0.717) is 31.2 Å². The number of hydrogen-bond acceptors (Lipinski definition) is 4. The maximum atomic E-state index is 11.5. The van der Waals surface area contributed by atoms with Crippen molar-refractivity contribution in [1.82, 2.24) is 4.90 Å². The maximum absolute atomic E-state index is 11.5. The fraction of sp³-hybridized carbons (Fsp3) is 0.462. The summed E-state index contributed by atoms with van der Waals surface area (Å²) < 4.78 is 10.4. The fourth-order valence-electron chi connectivity index (χ4n) is 1.32. The van der Waals surface area contributed by atoms with E-state index in [9.17, 15) is 4.79 Å². The predicted octanol–water partition coefficient (Wildman–Crippen LogP) is 2.20. The first-order valence-corrected chi connectivity index (χ1v) is 5.93. The van der Waals surface area contributed by atoms with Gasteiger partial charge in [-0.25, -0.2) is 4.79 Å². The largest absolute Gasteiger partial charge is 0.492 e. The summed E-state index contributed by atoms with van der Waals surface area (Å²) in [4.78, 5) is 13.5. The van der Waals surface area contributed by atoms with Crippen molar-refractivity contribution >= 4 is 11.8 Å². The van der Waals surface area contributed by atoms with Crippen molar-refractivity contribution in [2.45, 2.75) is 6.92 Å². The van der Waals surface area contributed by atoms with Crippen LogP contribution in [0.5, 0.6) is 5.75 Å². The minimum Gasteiger partial charge on any atom is -0.492 e. The Morgan fingerprint density at radius 1 is 1.33 bits per heavy atom. The monoisotopic (exact) mass is 252 g/mol. The summed E-state index contributed by atoms with van der Waals surface area (Å²) in [6, 6.07) is 7.27. The summed E-state index contributed by atoms with van der Waals surface area (Å²) in [6.07, 6.45) is -0.469. The topological polar surface area (TPSA) is 50.8 Å². The van der Waals surface area contributed by atoms with Crippen LogP contribution in [0, 0.1) is 0 Å². The summed E-state index contributed by atoms with van der Waals surface area (Å²) >= 11 is 0. The molecule has 0 unspecified atom stereocenters. The number of carbonyl (C=O) groups is 1. The highest BCUT2D eigenvalue weighted by Gasteiger charge is 2.07. The first-order valence-electron chi connectivity index (χ1n) is 5.93. The van der Waals surface area contributed by atoms with Crippen LogP contribution in [0.25, 0.3) is 0 Å². The second-order valence-electron chi connectivity index (χ2n) is 3.99. The van der Waals surface area contributed by atoms with Crippen LogP contribution in [-0.2, 0) is 4.74 Å². The molecule has 0 radical (unpaired) electrons. The van der Waals surface area contributed by atoms with Crippen LogP contribution in [0.3, 0.4) is 0 Å². The number of likely N-dealkylation sites (N-methyl/N-ethyl adjacent to an activating group) is 1. The molecule has 0 aliphatic heterocycles. The Kier molecular flexibility index (Phi) is 6.00. The van der Waals surface area contributed by atoms with Gasteiger partial charge < -0.3 is 14.4 Å². The Morgan fingerprint density at radius 2 is 2.06 bits per heavy atom. The summed E-state index contributed by atoms with van der Waals surface area (Å²) in [5, 5.41) is 2.66. The van der Waals surface area contributed by atoms with Crippen LogP contribution < -0.4 is 10.1 Å². The number of para-hydroxylation sites is 2. The molecule has 0 saturated heterocycles. The number of carbonyl (C=O) groups excluding carboxylic acids is 1. The van der Waals surface area contributed by atoms with Gasteiger partial charge in [0.2, 0.25) is 0 Å². The highest BCUT2D eigenvalue weighted by atomic mass is 16.5. The smallest absolute Gasteiger partial charge is 0.411 e. The average Bonchev–Trinajstić information content (AvgIpc) is 2.31. The molecular weight excluding hydrogens is 232 g/mol. The quantitative estimate of drug-likeness (QED) is 0.843. The number of rotatable bonds is 6. The lowest BCUT2D eigenvalue weighted by Gasteiger charge is -2.13. The molecule has 0 aliphatic carbocycles. The number of anilines is 1. The normalized spacial score (nSPS) is 10.2. The highest BCUT2D eigenvalue weighted by Crippen LogP contribution is 2.23. The van der Waals surface area contributed by atoms with Crippen LogP contribution in [0.4, 0.5) is 10.5 Å². The average molecular weight is 252 g/mol. The molecule has 0 heterocycles. The molecular formula is C13H20N2O3. The zero-order chi connectivity index (χ0) is 13.4. The zero-order valence-corrected chi connectivity index (χ0v) is 11.1. The Morgan fingerprint density at radius 3 is 2.72 bits per heavy atom. The molecule has 18 heavy (non-hydrogen) atoms. The Hall–Kier alpha value is -1.75. The Balaban J connectivity index is 2.48. The molecule has 0 saturated carbocycles. The number of nitrogens with zero attached hydrogens (tertiary/aromatic N) is 1. The van der Waals surface area contributed by atoms with Crippen LogP contribution >= 0.6 is 0 Å². The molecule has 1 N–H and O–H groups in total. The van der Waals surface area contributed by atoms with Crippen LogP contribution in [0.2, 0.25) is 0 Å². The number of nitrogens with one attached hydrogen (secondary N) is 1. The van der Waals surface area contributed by atoms with Gasteiger partial charge in [0.25, 0.3) is 0 Å². The third kappa shape index (κ3) is 5.05. The summed E-state index contributed by atoms with van der Waals surface area (Å²) in [5.74, 6) is 0.643. The van der Waals surface area contributed by atoms with E-state index in [2.05, 4.69) is 5.32 Å². The molecule has 1 aromatic carbocycles. The maximum Gasteiger partial charge on any atom is 0.411 e. The van der Waals surface area contributed by atoms with Gasteiger partial charge in [-0.15, -0.1) is 0 Å². The van der Waals surface area contributed by atoms with Gasteiger partial charge in [-0.1, -0.05) is 12.1 Å². The van der Waals surface area contributed by atoms with Crippen molar-refractivity contribution in [2.24, 2.45) is 0 Å². The molecule has 0 aromatic heterocycles. The first-order chi connectivity index (χ1) is 8.63. The van der Waals surface area contributed by atoms with Crippen molar-refractivity contribution in [2.75, 3.05) is 39.2 Å². The van der Waals surface area contributed by atoms with Gasteiger partial charge in [0, 0.05) is 6.54 Å². The van der Waals surface area contributed by atoms with Crippen molar-refractivity contribution in [3.05, 3.63) is 24.3 Å². The van der Waals surface area contributed by atoms with Crippen LogP contribution in [0.1, 0.15) is 6.92 Å². The third-order valence-electron chi connectivity index (χ3n) is 2.20. The van der Waals surface area contributed by atoms with E-state index >= 15 is 0 Å². The molecule has 1 rings (SSSR count). The molecule has 0 fully saturated rings. The first kappa shape index (κ1) is 14.3. The van der Waals surface area contributed by atoms with Crippen molar-refractivity contribution in [3.63, 3.8) is 0 Å². The standard InChI is InChI=1S/C13H20N2O3/c1-4-17-12-8-6-5-7-11(12)14-13(16)18-10-9-15(2)3/h5-8H,4,9-10H2,1-3H3,(H,14,16). The van der Waals surface area contributed by atoms with Gasteiger partial charge in [0.15, 0.2) is 0 Å². The fourth-order valence-corrected chi connectivity index (χ4v) is 1.32. The van der Waals surface area contributed by atoms with E-state index in [4.69, 9.17) is 9.47 Å². The highest BCUT2D eigenvalue weighted by molar-refractivity contribution is 5.86. The van der Waals surface area contributed by atoms with E-state index in [1.165, 1.54) is 0 Å². The van der Waals surface area contributed by atoms with Gasteiger partial charge in [-0.05, 0) is 33.2 Å². The molecule has 0 atom stereocenters. The lowest BCUT2D eigenvalue weighted by atomic mass is 10.3. The molecule has 0 spiro atoms. The molecule has 0 aliphatic rings. The van der Waals surface area contributed by atoms with E-state index in [0.717, 1.165) is 0 Å². The lowest BCUT2D eigenvalue weighted by molar-refractivity contribution is 0.151. The third-order valence-corrected chi connectivity index (χ3v) is 2.20. The van der Waals surface area contributed by atoms with Crippen LogP contribution in [0.15, 0.2) is 24.3 Å². The molecule has 5 heteroatoms. The SMILES string of the molecule is CCOc1ccccc1NC(=O)OCCN(C)C. The minimum atomic E-state index is -0.469. The summed E-state index contributed by atoms with van der Waals surface area (Å²) in [5.41, 5.74) is 0.620. The van der Waals surface area contributed by atoms with E-state index in [1.54, 1.807) is 12.1 Å². The molecule has 0 bridgehead atoms. The molecule has 1 aromatic rings. The lowest BCUT2D eigenvalue weighted by Crippen LogP contribution is -2.22. The predicted molar refractivity (Wildman–Crippen MR) is 71.1 cm³/mol. The summed E-state index contributed by atoms with van der Waals surface area (Å²) in [6.45, 7) is 3.50. The van der Waals surface area contributed by atoms with Gasteiger partial charge >= 0.3 is 6.09 Å². The van der Waals surface area contributed by atoms with Crippen molar-refractivity contribution in [3.8, 4) is 5.75 Å². The van der Waals surface area contributed by atoms with E-state index in [-0.39, 0.29) is 0 Å². The van der Waals surface area contributed by atoms with Crippen molar-refractivity contribution < 1.29 is 14.3 Å². The van der Waals surface area contributed by atoms with E-state index < -0.39 is 6.09 Å². The summed E-state index contributed by atoms with van der Waals surface area (Å²) in [7, 11) is 3.84. The van der Waals surface area contributed by atoms with E-state index in [1.807, 2.05) is 38.1 Å². The minimum absolute atomic E-state index is 0.357. The van der Waals surface area contributed by atoms with Gasteiger partial charge in [0.1, 0.15) is 12.4 Å². The number of hydrogen-bond donors (Lipinski definition) is 1. The van der Waals surface area contributed by atoms with Crippen LogP contribution in [-0.4, -0.2) is 44.8 Å². The number of amides is 1. The second-order valence-corrected chi connectivity index (χ2v) is 3.99. The zero-order valence-electron chi connectivity index (χ0n) is 11.1. The van der Waals surface area contributed by atoms with Crippen molar-refractivity contribution in [1.29, 1.82) is 0 Å². The Labute approximate surface area is 108 Å². The van der Waals surface area contributed by atoms with Gasteiger partial charge in [-0.3, -0.25) is 5.32 Å². The molecule has 1 amide bonds. The number of ether oxygens (including phenoxy) is 2.